The van der Waals surface area contributed by atoms with Gasteiger partial charge in [-0.15, -0.1) is 12.4 Å². The maximum atomic E-state index is 11.5. The van der Waals surface area contributed by atoms with Crippen molar-refractivity contribution in [2.24, 2.45) is 0 Å². The van der Waals surface area contributed by atoms with Crippen LogP contribution in [0.5, 0.6) is 0 Å². The summed E-state index contributed by atoms with van der Waals surface area (Å²) in [5.74, 6) is 0. The molecule has 0 radical (unpaired) electrons. The van der Waals surface area contributed by atoms with Crippen molar-refractivity contribution in [1.29, 1.82) is 0 Å². The SMILES string of the molecule is CS(=O)(=O)N1CCC(NCc2ccc(-n3ccnc3)cc2)CC1.Cl. The molecule has 6 nitrogen and oxygen atoms in total. The minimum Gasteiger partial charge on any atom is -0.310 e. The smallest absolute Gasteiger partial charge is 0.211 e. The number of aromatic nitrogens is 2. The lowest BCUT2D eigenvalue weighted by Gasteiger charge is -2.30. The van der Waals surface area contributed by atoms with Gasteiger partial charge in [0.15, 0.2) is 0 Å². The summed E-state index contributed by atoms with van der Waals surface area (Å²) in [5.41, 5.74) is 2.31. The second-order valence-electron chi connectivity index (χ2n) is 5.95. The number of imidazole rings is 1. The largest absolute Gasteiger partial charge is 0.310 e. The van der Waals surface area contributed by atoms with E-state index in [0.717, 1.165) is 25.1 Å². The van der Waals surface area contributed by atoms with Crippen LogP contribution in [-0.4, -0.2) is 47.7 Å². The van der Waals surface area contributed by atoms with Gasteiger partial charge in [-0.05, 0) is 30.5 Å². The first kappa shape index (κ1) is 18.9. The van der Waals surface area contributed by atoms with E-state index in [4.69, 9.17) is 0 Å². The van der Waals surface area contributed by atoms with Gasteiger partial charge >= 0.3 is 0 Å². The predicted octanol–water partition coefficient (Wildman–Crippen LogP) is 1.81. The van der Waals surface area contributed by atoms with Gasteiger partial charge in [-0.25, -0.2) is 17.7 Å². The fraction of sp³-hybridized carbons (Fsp3) is 0.438. The summed E-state index contributed by atoms with van der Waals surface area (Å²) < 4.78 is 26.5. The van der Waals surface area contributed by atoms with Gasteiger partial charge in [-0.2, -0.15) is 0 Å². The highest BCUT2D eigenvalue weighted by molar-refractivity contribution is 7.88. The molecule has 1 aromatic heterocycles. The Morgan fingerprint density at radius 1 is 1.21 bits per heavy atom. The Labute approximate surface area is 149 Å². The fourth-order valence-electron chi connectivity index (χ4n) is 2.85. The van der Waals surface area contributed by atoms with Gasteiger partial charge in [-0.3, -0.25) is 0 Å². The van der Waals surface area contributed by atoms with Gasteiger partial charge in [0, 0.05) is 43.8 Å². The van der Waals surface area contributed by atoms with Crippen LogP contribution in [0, 0.1) is 0 Å². The molecule has 1 aliphatic heterocycles. The second kappa shape index (κ2) is 8.11. The number of nitrogens with one attached hydrogen (secondary N) is 1. The first-order valence-corrected chi connectivity index (χ1v) is 9.63. The average Bonchev–Trinajstić information content (AvgIpc) is 3.07. The number of hydrogen-bond acceptors (Lipinski definition) is 4. The fourth-order valence-corrected chi connectivity index (χ4v) is 3.73. The molecule has 1 aromatic carbocycles. The quantitative estimate of drug-likeness (QED) is 0.871. The summed E-state index contributed by atoms with van der Waals surface area (Å²) in [6.45, 7) is 2.01. The van der Waals surface area contributed by atoms with E-state index >= 15 is 0 Å². The molecule has 0 amide bonds. The second-order valence-corrected chi connectivity index (χ2v) is 7.94. The molecule has 1 saturated heterocycles. The summed E-state index contributed by atoms with van der Waals surface area (Å²) >= 11 is 0. The van der Waals surface area contributed by atoms with Crippen LogP contribution in [0.1, 0.15) is 18.4 Å². The van der Waals surface area contributed by atoms with Crippen LogP contribution < -0.4 is 5.32 Å². The lowest BCUT2D eigenvalue weighted by atomic mass is 10.1. The maximum absolute atomic E-state index is 11.5. The van der Waals surface area contributed by atoms with Gasteiger partial charge < -0.3 is 9.88 Å². The van der Waals surface area contributed by atoms with E-state index in [1.54, 1.807) is 16.8 Å². The molecule has 0 bridgehead atoms. The number of benzene rings is 1. The molecule has 132 valence electrons. The third kappa shape index (κ3) is 4.80. The zero-order valence-electron chi connectivity index (χ0n) is 13.6. The molecular formula is C16H23ClN4O2S. The molecule has 0 spiro atoms. The molecule has 2 heterocycles. The normalized spacial score (nSPS) is 16.7. The molecular weight excluding hydrogens is 348 g/mol. The Balaban J connectivity index is 0.00000208. The first-order valence-electron chi connectivity index (χ1n) is 7.78. The number of sulfonamides is 1. The molecule has 2 aromatic rings. The Morgan fingerprint density at radius 2 is 1.88 bits per heavy atom. The van der Waals surface area contributed by atoms with Crippen LogP contribution in [-0.2, 0) is 16.6 Å². The zero-order valence-corrected chi connectivity index (χ0v) is 15.3. The van der Waals surface area contributed by atoms with E-state index in [9.17, 15) is 8.42 Å². The molecule has 1 N–H and O–H groups in total. The highest BCUT2D eigenvalue weighted by atomic mass is 35.5. The lowest BCUT2D eigenvalue weighted by Crippen LogP contribution is -2.44. The Bertz CT molecular complexity index is 724. The Hall–Kier alpha value is -1.41. The highest BCUT2D eigenvalue weighted by Crippen LogP contribution is 2.14. The maximum Gasteiger partial charge on any atom is 0.211 e. The molecule has 24 heavy (non-hydrogen) atoms. The van der Waals surface area contributed by atoms with E-state index in [2.05, 4.69) is 34.6 Å². The number of nitrogens with zero attached hydrogens (tertiary/aromatic N) is 3. The van der Waals surface area contributed by atoms with Gasteiger partial charge in [0.05, 0.1) is 12.6 Å². The number of piperidine rings is 1. The van der Waals surface area contributed by atoms with Crippen molar-refractivity contribution in [1.82, 2.24) is 19.2 Å². The van der Waals surface area contributed by atoms with Crippen LogP contribution in [0.3, 0.4) is 0 Å². The van der Waals surface area contributed by atoms with Crippen LogP contribution in [0.2, 0.25) is 0 Å². The summed E-state index contributed by atoms with van der Waals surface area (Å²) in [4.78, 5) is 4.05. The van der Waals surface area contributed by atoms with Crippen molar-refractivity contribution in [3.63, 3.8) is 0 Å². The van der Waals surface area contributed by atoms with Crippen LogP contribution >= 0.6 is 12.4 Å². The minimum atomic E-state index is -3.04. The summed E-state index contributed by atoms with van der Waals surface area (Å²) in [6.07, 6.45) is 8.47. The zero-order chi connectivity index (χ0) is 16.3. The van der Waals surface area contributed by atoms with Crippen LogP contribution in [0.25, 0.3) is 5.69 Å². The van der Waals surface area contributed by atoms with Crippen molar-refractivity contribution < 1.29 is 8.42 Å². The molecule has 1 aliphatic rings. The standard InChI is InChI=1S/C16H22N4O2S.ClH/c1-23(21,22)20-9-6-15(7-10-20)18-12-14-2-4-16(5-3-14)19-11-8-17-13-19;/h2-5,8,11,13,15,18H,6-7,9-10,12H2,1H3;1H. The number of hydrogen-bond donors (Lipinski definition) is 1. The number of rotatable bonds is 5. The Kier molecular flexibility index (Phi) is 6.40. The Morgan fingerprint density at radius 3 is 2.42 bits per heavy atom. The molecule has 1 fully saturated rings. The van der Waals surface area contributed by atoms with Crippen molar-refractivity contribution in [3.8, 4) is 5.69 Å². The first-order chi connectivity index (χ1) is 11.0. The van der Waals surface area contributed by atoms with E-state index in [1.165, 1.54) is 11.8 Å². The summed E-state index contributed by atoms with van der Waals surface area (Å²) in [6, 6.07) is 8.74. The van der Waals surface area contributed by atoms with Gasteiger partial charge in [0.25, 0.3) is 0 Å². The summed E-state index contributed by atoms with van der Waals surface area (Å²) in [5, 5.41) is 3.52. The van der Waals surface area contributed by atoms with Crippen molar-refractivity contribution >= 4 is 22.4 Å². The molecule has 0 unspecified atom stereocenters. The monoisotopic (exact) mass is 370 g/mol. The summed E-state index contributed by atoms with van der Waals surface area (Å²) in [7, 11) is -3.04. The molecule has 0 saturated carbocycles. The molecule has 8 heteroatoms. The van der Waals surface area contributed by atoms with Crippen LogP contribution in [0.4, 0.5) is 0 Å². The van der Waals surface area contributed by atoms with Crippen molar-refractivity contribution in [3.05, 3.63) is 48.5 Å². The number of halogens is 1. The minimum absolute atomic E-state index is 0. The third-order valence-corrected chi connectivity index (χ3v) is 5.56. The molecule has 0 aliphatic carbocycles. The molecule has 3 rings (SSSR count). The van der Waals surface area contributed by atoms with E-state index in [0.29, 0.717) is 19.1 Å². The van der Waals surface area contributed by atoms with Gasteiger partial charge in [-0.1, -0.05) is 12.1 Å². The lowest BCUT2D eigenvalue weighted by molar-refractivity contribution is 0.290. The van der Waals surface area contributed by atoms with Crippen LogP contribution in [0.15, 0.2) is 43.0 Å². The predicted molar refractivity (Wildman–Crippen MR) is 97.1 cm³/mol. The van der Waals surface area contributed by atoms with E-state index in [-0.39, 0.29) is 12.4 Å². The topological polar surface area (TPSA) is 67.2 Å². The molecule has 0 atom stereocenters. The van der Waals surface area contributed by atoms with E-state index < -0.39 is 10.0 Å². The highest BCUT2D eigenvalue weighted by Gasteiger charge is 2.24. The van der Waals surface area contributed by atoms with Gasteiger partial charge in [0.2, 0.25) is 10.0 Å². The average molecular weight is 371 g/mol. The van der Waals surface area contributed by atoms with Gasteiger partial charge in [0.1, 0.15) is 0 Å². The third-order valence-electron chi connectivity index (χ3n) is 4.26. The van der Waals surface area contributed by atoms with Crippen molar-refractivity contribution in [2.45, 2.75) is 25.4 Å². The van der Waals surface area contributed by atoms with Crippen molar-refractivity contribution in [2.75, 3.05) is 19.3 Å². The van der Waals surface area contributed by atoms with E-state index in [1.807, 2.05) is 10.8 Å².